The van der Waals surface area contributed by atoms with Gasteiger partial charge in [0.15, 0.2) is 0 Å². The Hall–Kier alpha value is -1.69. The van der Waals surface area contributed by atoms with Crippen molar-refractivity contribution < 1.29 is 4.79 Å². The van der Waals surface area contributed by atoms with Crippen LogP contribution in [0.15, 0.2) is 12.4 Å². The monoisotopic (exact) mass is 291 g/mol. The van der Waals surface area contributed by atoms with Crippen molar-refractivity contribution in [3.8, 4) is 0 Å². The summed E-state index contributed by atoms with van der Waals surface area (Å²) < 4.78 is 0. The van der Waals surface area contributed by atoms with Crippen molar-refractivity contribution >= 4 is 11.9 Å². The largest absolute Gasteiger partial charge is 0.357 e. The number of likely N-dealkylation sites (N-methyl/N-ethyl adjacent to an activating group) is 1. The van der Waals surface area contributed by atoms with Gasteiger partial charge in [-0.3, -0.25) is 4.79 Å². The molecule has 0 bridgehead atoms. The number of nitrogens with zero attached hydrogens (tertiary/aromatic N) is 3. The number of carbonyl (C=O) groups is 1. The van der Waals surface area contributed by atoms with E-state index < -0.39 is 0 Å². The average Bonchev–Trinajstić information content (AvgIpc) is 2.55. The normalized spacial score (nSPS) is 18.6. The average molecular weight is 291 g/mol. The number of rotatable bonds is 6. The number of piperidine rings is 1. The lowest BCUT2D eigenvalue weighted by Crippen LogP contribution is -2.49. The number of aromatic nitrogens is 2. The third-order valence-corrected chi connectivity index (χ3v) is 3.76. The highest BCUT2D eigenvalue weighted by Crippen LogP contribution is 2.21. The van der Waals surface area contributed by atoms with E-state index >= 15 is 0 Å². The third kappa shape index (κ3) is 4.14. The van der Waals surface area contributed by atoms with Crippen LogP contribution in [0.1, 0.15) is 38.2 Å². The van der Waals surface area contributed by atoms with Crippen LogP contribution in [0, 0.1) is 0 Å². The van der Waals surface area contributed by atoms with E-state index in [1.54, 1.807) is 7.05 Å². The first-order chi connectivity index (χ1) is 10.3. The summed E-state index contributed by atoms with van der Waals surface area (Å²) in [6, 6.07) is -0.146. The number of hydrogen-bond donors (Lipinski definition) is 2. The van der Waals surface area contributed by atoms with Crippen molar-refractivity contribution in [1.29, 1.82) is 0 Å². The Morgan fingerprint density at radius 2 is 2.14 bits per heavy atom. The van der Waals surface area contributed by atoms with E-state index in [0.717, 1.165) is 50.9 Å². The lowest BCUT2D eigenvalue weighted by Gasteiger charge is -2.34. The van der Waals surface area contributed by atoms with Crippen molar-refractivity contribution in [2.24, 2.45) is 0 Å². The first-order valence-electron chi connectivity index (χ1n) is 7.76. The maximum atomic E-state index is 12.0. The van der Waals surface area contributed by atoms with Gasteiger partial charge in [-0.15, -0.1) is 0 Å². The van der Waals surface area contributed by atoms with Gasteiger partial charge in [0.2, 0.25) is 11.9 Å². The minimum Gasteiger partial charge on any atom is -0.357 e. The minimum atomic E-state index is -0.146. The molecule has 0 aromatic carbocycles. The van der Waals surface area contributed by atoms with Gasteiger partial charge in [0.05, 0.1) is 0 Å². The van der Waals surface area contributed by atoms with E-state index in [0.29, 0.717) is 5.95 Å². The first-order valence-corrected chi connectivity index (χ1v) is 7.76. The highest BCUT2D eigenvalue weighted by molar-refractivity contribution is 5.84. The molecule has 1 unspecified atom stereocenters. The molecule has 1 atom stereocenters. The molecule has 2 N–H and O–H groups in total. The number of hydrogen-bond acceptors (Lipinski definition) is 5. The SMILES string of the molecule is CCCNCc1cnc(N2CCCCC2C(=O)NC)nc1. The van der Waals surface area contributed by atoms with Crippen LogP contribution >= 0.6 is 0 Å². The molecule has 1 saturated heterocycles. The van der Waals surface area contributed by atoms with Gasteiger partial charge in [0.25, 0.3) is 0 Å². The van der Waals surface area contributed by atoms with Crippen molar-refractivity contribution in [3.63, 3.8) is 0 Å². The summed E-state index contributed by atoms with van der Waals surface area (Å²) in [6.45, 7) is 4.76. The standard InChI is InChI=1S/C15H25N5O/c1-3-7-17-9-12-10-18-15(19-11-12)20-8-5-4-6-13(20)14(21)16-2/h10-11,13,17H,3-9H2,1-2H3,(H,16,21). The Morgan fingerprint density at radius 1 is 1.38 bits per heavy atom. The highest BCUT2D eigenvalue weighted by Gasteiger charge is 2.29. The van der Waals surface area contributed by atoms with Gasteiger partial charge in [0, 0.05) is 38.1 Å². The van der Waals surface area contributed by atoms with E-state index in [1.807, 2.05) is 17.3 Å². The topological polar surface area (TPSA) is 70.2 Å². The van der Waals surface area contributed by atoms with Crippen LogP contribution in [0.5, 0.6) is 0 Å². The Labute approximate surface area is 126 Å². The summed E-state index contributed by atoms with van der Waals surface area (Å²) in [5.41, 5.74) is 1.07. The zero-order valence-corrected chi connectivity index (χ0v) is 12.9. The predicted octanol–water partition coefficient (Wildman–Crippen LogP) is 1.08. The summed E-state index contributed by atoms with van der Waals surface area (Å²) >= 11 is 0. The predicted molar refractivity (Wildman–Crippen MR) is 83.1 cm³/mol. The zero-order chi connectivity index (χ0) is 15.1. The van der Waals surface area contributed by atoms with Gasteiger partial charge < -0.3 is 15.5 Å². The molecule has 1 fully saturated rings. The molecule has 21 heavy (non-hydrogen) atoms. The summed E-state index contributed by atoms with van der Waals surface area (Å²) in [4.78, 5) is 22.9. The molecule has 1 aliphatic rings. The van der Waals surface area contributed by atoms with Crippen molar-refractivity contribution in [2.45, 2.75) is 45.2 Å². The molecule has 6 nitrogen and oxygen atoms in total. The highest BCUT2D eigenvalue weighted by atomic mass is 16.2. The first kappa shape index (κ1) is 15.7. The van der Waals surface area contributed by atoms with Gasteiger partial charge in [-0.25, -0.2) is 9.97 Å². The van der Waals surface area contributed by atoms with Crippen LogP contribution in [0.2, 0.25) is 0 Å². The Balaban J connectivity index is 2.03. The number of anilines is 1. The number of amides is 1. The van der Waals surface area contributed by atoms with Crippen LogP contribution in [0.4, 0.5) is 5.95 Å². The molecule has 2 rings (SSSR count). The maximum Gasteiger partial charge on any atom is 0.242 e. The van der Waals surface area contributed by atoms with Crippen LogP contribution in [-0.2, 0) is 11.3 Å². The number of carbonyl (C=O) groups excluding carboxylic acids is 1. The van der Waals surface area contributed by atoms with Crippen LogP contribution in [0.25, 0.3) is 0 Å². The summed E-state index contributed by atoms with van der Waals surface area (Å²) in [5, 5.41) is 6.06. The molecule has 0 radical (unpaired) electrons. The van der Waals surface area contributed by atoms with Crippen LogP contribution in [0.3, 0.4) is 0 Å². The fourth-order valence-corrected chi connectivity index (χ4v) is 2.61. The van der Waals surface area contributed by atoms with Gasteiger partial charge in [-0.05, 0) is 32.2 Å². The van der Waals surface area contributed by atoms with Crippen LogP contribution < -0.4 is 15.5 Å². The molecule has 0 saturated carbocycles. The van der Waals surface area contributed by atoms with Gasteiger partial charge in [-0.1, -0.05) is 6.92 Å². The van der Waals surface area contributed by atoms with E-state index in [-0.39, 0.29) is 11.9 Å². The Kier molecular flexibility index (Phi) is 5.92. The summed E-state index contributed by atoms with van der Waals surface area (Å²) in [7, 11) is 1.68. The molecule has 6 heteroatoms. The molecule has 2 heterocycles. The van der Waals surface area contributed by atoms with Gasteiger partial charge in [0.1, 0.15) is 6.04 Å². The molecule has 1 aliphatic heterocycles. The van der Waals surface area contributed by atoms with Crippen molar-refractivity contribution in [3.05, 3.63) is 18.0 Å². The fourth-order valence-electron chi connectivity index (χ4n) is 2.61. The molecule has 116 valence electrons. The van der Waals surface area contributed by atoms with E-state index in [2.05, 4.69) is 27.5 Å². The minimum absolute atomic E-state index is 0.0481. The number of nitrogens with one attached hydrogen (secondary N) is 2. The second kappa shape index (κ2) is 7.93. The molecule has 1 aromatic heterocycles. The Morgan fingerprint density at radius 3 is 2.81 bits per heavy atom. The van der Waals surface area contributed by atoms with E-state index in [4.69, 9.17) is 0 Å². The van der Waals surface area contributed by atoms with Crippen molar-refractivity contribution in [1.82, 2.24) is 20.6 Å². The van der Waals surface area contributed by atoms with E-state index in [1.165, 1.54) is 0 Å². The summed E-state index contributed by atoms with van der Waals surface area (Å²) in [5.74, 6) is 0.703. The van der Waals surface area contributed by atoms with Crippen molar-refractivity contribution in [2.75, 3.05) is 25.0 Å². The quantitative estimate of drug-likeness (QED) is 0.768. The second-order valence-electron chi connectivity index (χ2n) is 5.39. The molecule has 0 spiro atoms. The lowest BCUT2D eigenvalue weighted by molar-refractivity contribution is -0.122. The molecule has 1 aromatic rings. The fraction of sp³-hybridized carbons (Fsp3) is 0.667. The third-order valence-electron chi connectivity index (χ3n) is 3.76. The molecular formula is C15H25N5O. The molecular weight excluding hydrogens is 266 g/mol. The lowest BCUT2D eigenvalue weighted by atomic mass is 10.0. The maximum absolute atomic E-state index is 12.0. The van der Waals surface area contributed by atoms with E-state index in [9.17, 15) is 4.79 Å². The molecule has 1 amide bonds. The zero-order valence-electron chi connectivity index (χ0n) is 12.9. The van der Waals surface area contributed by atoms with Crippen LogP contribution in [-0.4, -0.2) is 42.1 Å². The molecule has 0 aliphatic carbocycles. The van der Waals surface area contributed by atoms with Gasteiger partial charge >= 0.3 is 0 Å². The second-order valence-corrected chi connectivity index (χ2v) is 5.39. The summed E-state index contributed by atoms with van der Waals surface area (Å²) in [6.07, 6.45) is 7.83. The Bertz CT molecular complexity index is 448. The smallest absolute Gasteiger partial charge is 0.242 e. The van der Waals surface area contributed by atoms with Gasteiger partial charge in [-0.2, -0.15) is 0 Å².